The molecule has 0 N–H and O–H groups in total. The number of Topliss-reactive ketones (excluding diaryl/α,β-unsaturated/α-hetero) is 1. The lowest BCUT2D eigenvalue weighted by molar-refractivity contribution is -0.104. The normalized spacial score (nSPS) is 17.6. The third-order valence-electron chi connectivity index (χ3n) is 7.81. The Morgan fingerprint density at radius 1 is 1.00 bits per heavy atom. The Morgan fingerprint density at radius 2 is 1.67 bits per heavy atom. The average Bonchev–Trinajstić information content (AvgIpc) is 3.63. The van der Waals surface area contributed by atoms with Crippen LogP contribution < -0.4 is 4.90 Å². The number of anilines is 2. The van der Waals surface area contributed by atoms with E-state index >= 15 is 0 Å². The van der Waals surface area contributed by atoms with Gasteiger partial charge in [-0.15, -0.1) is 11.3 Å². The van der Waals surface area contributed by atoms with Crippen molar-refractivity contribution in [1.29, 1.82) is 0 Å². The fraction of sp³-hybridized carbons (Fsp3) is 0.176. The summed E-state index contributed by atoms with van der Waals surface area (Å²) in [5.74, 6) is 0.0955. The predicted molar refractivity (Wildman–Crippen MR) is 163 cm³/mol. The van der Waals surface area contributed by atoms with Crippen LogP contribution in [0.2, 0.25) is 0 Å². The summed E-state index contributed by atoms with van der Waals surface area (Å²) in [5, 5.41) is 3.76. The SMILES string of the molecule is Cc1cscc1C(=O)/C(C=O)=C\c1cc2c(s1)C1CC=C(N(c3ccccc3)c3ccccc3)C=C1C2(C)C. The van der Waals surface area contributed by atoms with E-state index in [-0.39, 0.29) is 16.8 Å². The molecule has 0 spiro atoms. The Labute approximate surface area is 237 Å². The highest BCUT2D eigenvalue weighted by atomic mass is 32.1. The Kier molecular flexibility index (Phi) is 6.57. The first-order chi connectivity index (χ1) is 18.9. The quantitative estimate of drug-likeness (QED) is 0.0762. The topological polar surface area (TPSA) is 37.4 Å². The molecule has 6 rings (SSSR count). The smallest absolute Gasteiger partial charge is 0.197 e. The van der Waals surface area contributed by atoms with Gasteiger partial charge in [0.1, 0.15) is 0 Å². The van der Waals surface area contributed by atoms with Gasteiger partial charge in [-0.2, -0.15) is 11.3 Å². The van der Waals surface area contributed by atoms with Crippen molar-refractivity contribution in [3.8, 4) is 0 Å². The number of fused-ring (bicyclic) bond motifs is 3. The first-order valence-corrected chi connectivity index (χ1v) is 14.9. The molecule has 0 radical (unpaired) electrons. The first-order valence-electron chi connectivity index (χ1n) is 13.1. The van der Waals surface area contributed by atoms with Crippen molar-refractivity contribution in [3.63, 3.8) is 0 Å². The fourth-order valence-corrected chi connectivity index (χ4v) is 7.99. The number of hydrogen-bond acceptors (Lipinski definition) is 5. The Morgan fingerprint density at radius 3 is 2.26 bits per heavy atom. The maximum Gasteiger partial charge on any atom is 0.197 e. The molecule has 2 aromatic carbocycles. The van der Waals surface area contributed by atoms with Gasteiger partial charge < -0.3 is 4.90 Å². The van der Waals surface area contributed by atoms with Crippen LogP contribution in [0.1, 0.15) is 57.4 Å². The Bertz CT molecular complexity index is 1610. The molecule has 1 atom stereocenters. The molecule has 0 aliphatic heterocycles. The van der Waals surface area contributed by atoms with E-state index in [0.717, 1.165) is 28.2 Å². The van der Waals surface area contributed by atoms with Crippen LogP contribution >= 0.6 is 22.7 Å². The molecule has 2 aliphatic carbocycles. The number of nitrogens with zero attached hydrogens (tertiary/aromatic N) is 1. The number of aryl methyl sites for hydroxylation is 1. The zero-order chi connectivity index (χ0) is 27.1. The number of ketones is 1. The van der Waals surface area contributed by atoms with Crippen LogP contribution in [0.5, 0.6) is 0 Å². The molecule has 194 valence electrons. The molecule has 2 aromatic heterocycles. The minimum absolute atomic E-state index is 0.156. The molecule has 0 fully saturated rings. The monoisotopic (exact) mass is 547 g/mol. The number of carbonyl (C=O) groups is 2. The summed E-state index contributed by atoms with van der Waals surface area (Å²) in [6.07, 6.45) is 8.08. The van der Waals surface area contributed by atoms with Gasteiger partial charge in [0.05, 0.1) is 5.57 Å². The van der Waals surface area contributed by atoms with Crippen molar-refractivity contribution < 1.29 is 9.59 Å². The minimum atomic E-state index is -0.204. The van der Waals surface area contributed by atoms with Crippen LogP contribution in [0.15, 0.2) is 106 Å². The van der Waals surface area contributed by atoms with Gasteiger partial charge in [0.2, 0.25) is 0 Å². The second kappa shape index (κ2) is 10.1. The summed E-state index contributed by atoms with van der Waals surface area (Å²) in [6, 6.07) is 23.2. The maximum atomic E-state index is 13.0. The average molecular weight is 548 g/mol. The molecule has 5 heteroatoms. The van der Waals surface area contributed by atoms with Crippen LogP contribution in [-0.4, -0.2) is 12.1 Å². The molecule has 39 heavy (non-hydrogen) atoms. The van der Waals surface area contributed by atoms with E-state index in [1.807, 2.05) is 29.8 Å². The second-order valence-corrected chi connectivity index (χ2v) is 12.4. The molecule has 0 saturated heterocycles. The van der Waals surface area contributed by atoms with E-state index in [2.05, 4.69) is 85.5 Å². The lowest BCUT2D eigenvalue weighted by atomic mass is 9.78. The third-order valence-corrected chi connectivity index (χ3v) is 9.86. The summed E-state index contributed by atoms with van der Waals surface area (Å²) in [4.78, 5) is 29.6. The van der Waals surface area contributed by atoms with Crippen molar-refractivity contribution in [2.45, 2.75) is 38.5 Å². The standard InChI is InChI=1S/C34H29NO2S2/c1-22-20-38-21-29(22)32(37)23(19-36)16-27-18-31-33(39-27)28-15-14-26(17-30(28)34(31,2)3)35(24-10-6-4-7-11-24)25-12-8-5-9-13-25/h4-14,16-21,28H,15H2,1-3H3/b23-16-. The minimum Gasteiger partial charge on any atom is -0.311 e. The lowest BCUT2D eigenvalue weighted by Gasteiger charge is -2.32. The van der Waals surface area contributed by atoms with Crippen LogP contribution in [-0.2, 0) is 10.2 Å². The van der Waals surface area contributed by atoms with E-state index in [1.165, 1.54) is 33.0 Å². The van der Waals surface area contributed by atoms with Gasteiger partial charge in [0.25, 0.3) is 0 Å². The number of aldehydes is 1. The van der Waals surface area contributed by atoms with E-state index in [4.69, 9.17) is 0 Å². The van der Waals surface area contributed by atoms with Crippen molar-refractivity contribution in [2.24, 2.45) is 0 Å². The van der Waals surface area contributed by atoms with E-state index in [0.29, 0.717) is 17.8 Å². The molecule has 1 unspecified atom stereocenters. The molecular formula is C34H29NO2S2. The fourth-order valence-electron chi connectivity index (χ4n) is 5.76. The third kappa shape index (κ3) is 4.46. The summed E-state index contributed by atoms with van der Waals surface area (Å²) < 4.78 is 0. The van der Waals surface area contributed by atoms with Gasteiger partial charge in [0, 0.05) is 49.1 Å². The molecule has 0 amide bonds. The van der Waals surface area contributed by atoms with Gasteiger partial charge in [-0.05, 0) is 77.9 Å². The van der Waals surface area contributed by atoms with Crippen molar-refractivity contribution in [2.75, 3.05) is 4.90 Å². The Hall–Kier alpha value is -3.80. The molecule has 2 aliphatic rings. The largest absolute Gasteiger partial charge is 0.311 e. The van der Waals surface area contributed by atoms with Gasteiger partial charge in [-0.25, -0.2) is 0 Å². The maximum absolute atomic E-state index is 13.0. The molecule has 2 heterocycles. The van der Waals surface area contributed by atoms with Crippen molar-refractivity contribution >= 4 is 52.2 Å². The predicted octanol–water partition coefficient (Wildman–Crippen LogP) is 9.01. The lowest BCUT2D eigenvalue weighted by Crippen LogP contribution is -2.22. The van der Waals surface area contributed by atoms with Gasteiger partial charge in [-0.1, -0.05) is 56.3 Å². The van der Waals surface area contributed by atoms with E-state index in [9.17, 15) is 9.59 Å². The highest BCUT2D eigenvalue weighted by Crippen LogP contribution is 2.57. The number of hydrogen-bond donors (Lipinski definition) is 0. The molecule has 0 saturated carbocycles. The van der Waals surface area contributed by atoms with Gasteiger partial charge >= 0.3 is 0 Å². The summed E-state index contributed by atoms with van der Waals surface area (Å²) in [6.45, 7) is 6.48. The number of allylic oxidation sites excluding steroid dienone is 4. The van der Waals surface area contributed by atoms with Crippen LogP contribution in [0.25, 0.3) is 6.08 Å². The van der Waals surface area contributed by atoms with E-state index < -0.39 is 0 Å². The zero-order valence-electron chi connectivity index (χ0n) is 22.2. The number of rotatable bonds is 7. The first kappa shape index (κ1) is 25.5. The van der Waals surface area contributed by atoms with Crippen LogP contribution in [0.4, 0.5) is 11.4 Å². The number of carbonyl (C=O) groups excluding carboxylic acids is 2. The van der Waals surface area contributed by atoms with Gasteiger partial charge in [-0.3, -0.25) is 9.59 Å². The molecule has 0 bridgehead atoms. The van der Waals surface area contributed by atoms with Crippen molar-refractivity contribution in [3.05, 3.63) is 133 Å². The van der Waals surface area contributed by atoms with E-state index in [1.54, 1.807) is 17.4 Å². The molecule has 4 aromatic rings. The summed E-state index contributed by atoms with van der Waals surface area (Å²) in [5.41, 5.74) is 7.72. The highest BCUT2D eigenvalue weighted by Gasteiger charge is 2.44. The molecular weight excluding hydrogens is 519 g/mol. The zero-order valence-corrected chi connectivity index (χ0v) is 23.8. The number of thiophene rings is 2. The highest BCUT2D eigenvalue weighted by molar-refractivity contribution is 7.13. The second-order valence-electron chi connectivity index (χ2n) is 10.6. The Balaban J connectivity index is 1.35. The van der Waals surface area contributed by atoms with Crippen LogP contribution in [0, 0.1) is 6.92 Å². The molecule has 3 nitrogen and oxygen atoms in total. The number of para-hydroxylation sites is 2. The number of benzene rings is 2. The van der Waals surface area contributed by atoms with Crippen LogP contribution in [0.3, 0.4) is 0 Å². The summed E-state index contributed by atoms with van der Waals surface area (Å²) in [7, 11) is 0. The van der Waals surface area contributed by atoms with Gasteiger partial charge in [0.15, 0.2) is 12.1 Å². The summed E-state index contributed by atoms with van der Waals surface area (Å²) >= 11 is 3.19. The van der Waals surface area contributed by atoms with Crippen molar-refractivity contribution in [1.82, 2.24) is 0 Å².